The third-order valence-electron chi connectivity index (χ3n) is 5.00. The molecule has 1 fully saturated rings. The Labute approximate surface area is 179 Å². The van der Waals surface area contributed by atoms with Crippen molar-refractivity contribution in [3.63, 3.8) is 0 Å². The Balaban J connectivity index is 1.41. The molecule has 1 unspecified atom stereocenters. The Morgan fingerprint density at radius 2 is 2.00 bits per heavy atom. The van der Waals surface area contributed by atoms with E-state index in [1.54, 1.807) is 24.3 Å². The van der Waals surface area contributed by atoms with E-state index < -0.39 is 6.10 Å². The molecule has 1 aromatic heterocycles. The van der Waals surface area contributed by atoms with Crippen LogP contribution >= 0.6 is 11.3 Å². The summed E-state index contributed by atoms with van der Waals surface area (Å²) >= 11 is 1.38. The Morgan fingerprint density at radius 1 is 1.17 bits per heavy atom. The molecule has 1 aliphatic rings. The lowest BCUT2D eigenvalue weighted by molar-refractivity contribution is -0.124. The summed E-state index contributed by atoms with van der Waals surface area (Å²) in [5, 5.41) is 8.11. The van der Waals surface area contributed by atoms with Gasteiger partial charge in [0.2, 0.25) is 0 Å². The zero-order valence-corrected chi connectivity index (χ0v) is 17.5. The summed E-state index contributed by atoms with van der Waals surface area (Å²) in [6, 6.07) is 15.1. The van der Waals surface area contributed by atoms with Crippen molar-refractivity contribution in [1.29, 1.82) is 0 Å². The largest absolute Gasteiger partial charge is 0.368 e. The molecule has 154 valence electrons. The van der Waals surface area contributed by atoms with Crippen molar-refractivity contribution in [2.75, 3.05) is 17.2 Å². The third kappa shape index (κ3) is 4.75. The molecule has 7 heteroatoms. The van der Waals surface area contributed by atoms with Crippen molar-refractivity contribution in [1.82, 2.24) is 4.98 Å². The van der Waals surface area contributed by atoms with Crippen LogP contribution in [0.3, 0.4) is 0 Å². The molecule has 3 aromatic rings. The van der Waals surface area contributed by atoms with Crippen molar-refractivity contribution in [2.45, 2.75) is 32.3 Å². The molecular formula is C23H23N3O3S. The van der Waals surface area contributed by atoms with E-state index in [-0.39, 0.29) is 11.8 Å². The minimum Gasteiger partial charge on any atom is -0.368 e. The predicted molar refractivity (Wildman–Crippen MR) is 119 cm³/mol. The average Bonchev–Trinajstić information content (AvgIpc) is 3.46. The fourth-order valence-corrected chi connectivity index (χ4v) is 4.00. The van der Waals surface area contributed by atoms with Crippen molar-refractivity contribution in [3.8, 4) is 11.3 Å². The lowest BCUT2D eigenvalue weighted by atomic mass is 10.1. The maximum absolute atomic E-state index is 12.7. The van der Waals surface area contributed by atoms with E-state index in [9.17, 15) is 9.59 Å². The number of aryl methyl sites for hydroxylation is 1. The first kappa shape index (κ1) is 20.3. The molecule has 6 nitrogen and oxygen atoms in total. The molecule has 0 radical (unpaired) electrons. The van der Waals surface area contributed by atoms with Gasteiger partial charge in [-0.25, -0.2) is 4.98 Å². The molecule has 30 heavy (non-hydrogen) atoms. The van der Waals surface area contributed by atoms with E-state index >= 15 is 0 Å². The summed E-state index contributed by atoms with van der Waals surface area (Å²) in [5.74, 6) is -0.450. The van der Waals surface area contributed by atoms with Gasteiger partial charge in [0.25, 0.3) is 11.8 Å². The van der Waals surface area contributed by atoms with Gasteiger partial charge < -0.3 is 10.1 Å². The highest BCUT2D eigenvalue weighted by Gasteiger charge is 2.23. The number of ether oxygens (including phenoxy) is 1. The van der Waals surface area contributed by atoms with Gasteiger partial charge in [-0.1, -0.05) is 37.3 Å². The van der Waals surface area contributed by atoms with E-state index in [0.29, 0.717) is 23.0 Å². The summed E-state index contributed by atoms with van der Waals surface area (Å²) in [5.41, 5.74) is 4.13. The normalized spacial score (nSPS) is 15.7. The molecule has 2 amide bonds. The minimum atomic E-state index is -0.414. The molecule has 0 bridgehead atoms. The number of anilines is 2. The topological polar surface area (TPSA) is 80.3 Å². The third-order valence-corrected chi connectivity index (χ3v) is 5.75. The van der Waals surface area contributed by atoms with Gasteiger partial charge in [-0.2, -0.15) is 0 Å². The number of rotatable bonds is 6. The Bertz CT molecular complexity index is 1040. The van der Waals surface area contributed by atoms with Crippen molar-refractivity contribution in [2.24, 2.45) is 0 Å². The van der Waals surface area contributed by atoms with Crippen LogP contribution in [0.25, 0.3) is 11.3 Å². The summed E-state index contributed by atoms with van der Waals surface area (Å²) < 4.78 is 5.40. The summed E-state index contributed by atoms with van der Waals surface area (Å²) in [6.07, 6.45) is 2.19. The Morgan fingerprint density at radius 3 is 2.73 bits per heavy atom. The average molecular weight is 422 g/mol. The molecule has 0 saturated carbocycles. The van der Waals surface area contributed by atoms with Gasteiger partial charge in [0.05, 0.1) is 5.69 Å². The first-order valence-corrected chi connectivity index (χ1v) is 10.9. The van der Waals surface area contributed by atoms with Gasteiger partial charge in [0, 0.05) is 28.8 Å². The monoisotopic (exact) mass is 421 g/mol. The van der Waals surface area contributed by atoms with E-state index in [1.807, 2.05) is 17.5 Å². The lowest BCUT2D eigenvalue weighted by Gasteiger charge is -2.11. The second-order valence-corrected chi connectivity index (χ2v) is 7.97. The van der Waals surface area contributed by atoms with E-state index in [4.69, 9.17) is 4.74 Å². The van der Waals surface area contributed by atoms with Crippen molar-refractivity contribution >= 4 is 34.0 Å². The van der Waals surface area contributed by atoms with Gasteiger partial charge in [-0.15, -0.1) is 11.3 Å². The van der Waals surface area contributed by atoms with Crippen LogP contribution in [0.15, 0.2) is 53.9 Å². The standard InChI is InChI=1S/C23H23N3O3S/c1-2-15-8-10-16(11-9-15)19-14-30-23(25-19)26-21(27)17-5-3-6-18(13-17)24-22(28)20-7-4-12-29-20/h3,5-6,8-11,13-14,20H,2,4,7,12H2,1H3,(H,24,28)(H,25,26,27). The van der Waals surface area contributed by atoms with Gasteiger partial charge in [0.1, 0.15) is 6.10 Å². The predicted octanol–water partition coefficient (Wildman–Crippen LogP) is 4.74. The number of thiazole rings is 1. The first-order chi connectivity index (χ1) is 14.6. The Hall–Kier alpha value is -3.03. The highest BCUT2D eigenvalue weighted by atomic mass is 32.1. The molecule has 2 N–H and O–H groups in total. The van der Waals surface area contributed by atoms with Crippen LogP contribution in [0.4, 0.5) is 10.8 Å². The zero-order valence-electron chi connectivity index (χ0n) is 16.7. The van der Waals surface area contributed by atoms with Crippen LogP contribution in [0.1, 0.15) is 35.7 Å². The SMILES string of the molecule is CCc1ccc(-c2csc(NC(=O)c3cccc(NC(=O)C4CCCO4)c3)n2)cc1. The molecule has 2 heterocycles. The van der Waals surface area contributed by atoms with Crippen LogP contribution in [0, 0.1) is 0 Å². The van der Waals surface area contributed by atoms with E-state index in [1.165, 1.54) is 16.9 Å². The first-order valence-electron chi connectivity index (χ1n) is 10.0. The van der Waals surface area contributed by atoms with Gasteiger partial charge >= 0.3 is 0 Å². The van der Waals surface area contributed by atoms with Crippen LogP contribution in [0.5, 0.6) is 0 Å². The number of amides is 2. The highest BCUT2D eigenvalue weighted by Crippen LogP contribution is 2.26. The summed E-state index contributed by atoms with van der Waals surface area (Å²) in [6.45, 7) is 2.73. The van der Waals surface area contributed by atoms with Crippen LogP contribution in [0.2, 0.25) is 0 Å². The molecule has 2 aromatic carbocycles. The van der Waals surface area contributed by atoms with Crippen LogP contribution in [-0.2, 0) is 16.0 Å². The molecular weight excluding hydrogens is 398 g/mol. The Kier molecular flexibility index (Phi) is 6.21. The highest BCUT2D eigenvalue weighted by molar-refractivity contribution is 7.14. The summed E-state index contributed by atoms with van der Waals surface area (Å²) in [4.78, 5) is 29.4. The molecule has 1 saturated heterocycles. The van der Waals surface area contributed by atoms with Crippen molar-refractivity contribution in [3.05, 3.63) is 65.0 Å². The second kappa shape index (κ2) is 9.19. The lowest BCUT2D eigenvalue weighted by Crippen LogP contribution is -2.27. The fraction of sp³-hybridized carbons (Fsp3) is 0.261. The maximum Gasteiger partial charge on any atom is 0.257 e. The fourth-order valence-electron chi connectivity index (χ4n) is 3.29. The number of carbonyl (C=O) groups is 2. The number of hydrogen-bond donors (Lipinski definition) is 2. The number of benzene rings is 2. The number of carbonyl (C=O) groups excluding carboxylic acids is 2. The van der Waals surface area contributed by atoms with Crippen LogP contribution < -0.4 is 10.6 Å². The van der Waals surface area contributed by atoms with Gasteiger partial charge in [-0.3, -0.25) is 14.9 Å². The number of aromatic nitrogens is 1. The smallest absolute Gasteiger partial charge is 0.257 e. The van der Waals surface area contributed by atoms with Crippen LogP contribution in [-0.4, -0.2) is 29.5 Å². The van der Waals surface area contributed by atoms with Gasteiger partial charge in [0.15, 0.2) is 5.13 Å². The second-order valence-electron chi connectivity index (χ2n) is 7.11. The van der Waals surface area contributed by atoms with E-state index in [0.717, 1.165) is 30.5 Å². The molecule has 4 rings (SSSR count). The number of nitrogens with one attached hydrogen (secondary N) is 2. The molecule has 1 aliphatic heterocycles. The van der Waals surface area contributed by atoms with E-state index in [2.05, 4.69) is 34.7 Å². The minimum absolute atomic E-state index is 0.177. The quantitative estimate of drug-likeness (QED) is 0.602. The molecule has 0 aliphatic carbocycles. The number of hydrogen-bond acceptors (Lipinski definition) is 5. The number of nitrogens with zero attached hydrogens (tertiary/aromatic N) is 1. The zero-order chi connectivity index (χ0) is 20.9. The van der Waals surface area contributed by atoms with Gasteiger partial charge in [-0.05, 0) is 43.0 Å². The summed E-state index contributed by atoms with van der Waals surface area (Å²) in [7, 11) is 0. The maximum atomic E-state index is 12.7. The molecule has 0 spiro atoms. The van der Waals surface area contributed by atoms with Crippen molar-refractivity contribution < 1.29 is 14.3 Å². The molecule has 1 atom stereocenters.